The molecule has 0 bridgehead atoms. The van der Waals surface area contributed by atoms with Gasteiger partial charge >= 0.3 is 6.18 Å². The highest BCUT2D eigenvalue weighted by Gasteiger charge is 2.34. The summed E-state index contributed by atoms with van der Waals surface area (Å²) in [6, 6.07) is 18.3. The quantitative estimate of drug-likeness (QED) is 0.409. The third kappa shape index (κ3) is 4.26. The van der Waals surface area contributed by atoms with Gasteiger partial charge in [-0.1, -0.05) is 54.6 Å². The average Bonchev–Trinajstić information content (AvgIpc) is 2.76. The van der Waals surface area contributed by atoms with Crippen LogP contribution in [-0.2, 0) is 12.7 Å². The van der Waals surface area contributed by atoms with Crippen molar-refractivity contribution in [3.8, 4) is 11.1 Å². The zero-order chi connectivity index (χ0) is 22.0. The summed E-state index contributed by atoms with van der Waals surface area (Å²) in [5, 5.41) is 2.92. The van der Waals surface area contributed by atoms with Crippen molar-refractivity contribution in [3.05, 3.63) is 102 Å². The Hall–Kier alpha value is -3.74. The van der Waals surface area contributed by atoms with Crippen LogP contribution in [0.2, 0.25) is 0 Å². The molecule has 0 spiro atoms. The molecule has 0 aliphatic heterocycles. The summed E-state index contributed by atoms with van der Waals surface area (Å²) in [5.41, 5.74) is 0.542. The molecule has 156 valence electrons. The van der Waals surface area contributed by atoms with Gasteiger partial charge in [0.25, 0.3) is 5.91 Å². The number of nitrogens with one attached hydrogen (secondary N) is 1. The van der Waals surface area contributed by atoms with Crippen molar-refractivity contribution < 1.29 is 22.4 Å². The van der Waals surface area contributed by atoms with Gasteiger partial charge in [0.05, 0.1) is 16.6 Å². The van der Waals surface area contributed by atoms with Crippen LogP contribution in [0.5, 0.6) is 0 Å². The van der Waals surface area contributed by atoms with E-state index in [2.05, 4.69) is 10.3 Å². The number of alkyl halides is 3. The number of hydrogen-bond donors (Lipinski definition) is 1. The van der Waals surface area contributed by atoms with E-state index in [1.54, 1.807) is 36.4 Å². The molecule has 1 N–H and O–H groups in total. The summed E-state index contributed by atoms with van der Waals surface area (Å²) in [4.78, 5) is 16.9. The number of halogens is 4. The van der Waals surface area contributed by atoms with Crippen LogP contribution in [0.25, 0.3) is 22.0 Å². The molecule has 0 radical (unpaired) electrons. The number of carbonyl (C=O) groups excluding carboxylic acids is 1. The molecule has 0 fully saturated rings. The number of rotatable bonds is 4. The zero-order valence-corrected chi connectivity index (χ0v) is 16.1. The van der Waals surface area contributed by atoms with Crippen LogP contribution in [0.4, 0.5) is 17.6 Å². The standard InChI is InChI=1S/C24H16F4N2O/c25-17-9-4-6-15(12-17)13-30-23(31)19-14-29-22-18(10-5-11-20(22)24(26,27)28)21(19)16-7-2-1-3-8-16/h1-12,14H,13H2,(H,30,31). The fourth-order valence-electron chi connectivity index (χ4n) is 3.46. The molecule has 1 amide bonds. The predicted molar refractivity (Wildman–Crippen MR) is 110 cm³/mol. The van der Waals surface area contributed by atoms with E-state index in [1.165, 1.54) is 30.3 Å². The third-order valence-electron chi connectivity index (χ3n) is 4.85. The summed E-state index contributed by atoms with van der Waals surface area (Å²) < 4.78 is 53.9. The van der Waals surface area contributed by atoms with E-state index in [9.17, 15) is 22.4 Å². The Bertz CT molecular complexity index is 1250. The number of carbonyl (C=O) groups is 1. The number of amides is 1. The SMILES string of the molecule is O=C(NCc1cccc(F)c1)c1cnc2c(C(F)(F)F)cccc2c1-c1ccccc1. The number of nitrogens with zero attached hydrogens (tertiary/aromatic N) is 1. The monoisotopic (exact) mass is 424 g/mol. The van der Waals surface area contributed by atoms with Crippen molar-refractivity contribution in [2.24, 2.45) is 0 Å². The number of pyridine rings is 1. The number of benzene rings is 3. The second kappa shape index (κ2) is 8.18. The van der Waals surface area contributed by atoms with Gasteiger partial charge in [-0.05, 0) is 29.3 Å². The van der Waals surface area contributed by atoms with Gasteiger partial charge in [-0.25, -0.2) is 4.39 Å². The first-order valence-corrected chi connectivity index (χ1v) is 9.41. The van der Waals surface area contributed by atoms with Gasteiger partial charge in [0.2, 0.25) is 0 Å². The lowest BCUT2D eigenvalue weighted by Crippen LogP contribution is -2.24. The van der Waals surface area contributed by atoms with Crippen LogP contribution in [0, 0.1) is 5.82 Å². The number of para-hydroxylation sites is 1. The lowest BCUT2D eigenvalue weighted by Gasteiger charge is -2.16. The maximum atomic E-state index is 13.5. The molecule has 4 rings (SSSR count). The minimum absolute atomic E-state index is 0.0610. The molecular formula is C24H16F4N2O. The lowest BCUT2D eigenvalue weighted by atomic mass is 9.94. The first-order valence-electron chi connectivity index (χ1n) is 9.41. The van der Waals surface area contributed by atoms with E-state index in [0.717, 1.165) is 12.3 Å². The summed E-state index contributed by atoms with van der Waals surface area (Å²) in [6.07, 6.45) is -3.43. The van der Waals surface area contributed by atoms with E-state index in [-0.39, 0.29) is 23.0 Å². The Balaban J connectivity index is 1.82. The normalized spacial score (nSPS) is 11.5. The van der Waals surface area contributed by atoms with Crippen LogP contribution >= 0.6 is 0 Å². The smallest absolute Gasteiger partial charge is 0.348 e. The molecule has 1 aromatic heterocycles. The maximum Gasteiger partial charge on any atom is 0.418 e. The Morgan fingerprint density at radius 2 is 1.68 bits per heavy atom. The van der Waals surface area contributed by atoms with Crippen molar-refractivity contribution in [3.63, 3.8) is 0 Å². The molecule has 0 aliphatic carbocycles. The van der Waals surface area contributed by atoms with Crippen molar-refractivity contribution in [1.29, 1.82) is 0 Å². The van der Waals surface area contributed by atoms with Crippen molar-refractivity contribution in [2.75, 3.05) is 0 Å². The molecule has 3 nitrogen and oxygen atoms in total. The van der Waals surface area contributed by atoms with E-state index in [1.807, 2.05) is 0 Å². The van der Waals surface area contributed by atoms with Crippen LogP contribution in [0.1, 0.15) is 21.5 Å². The molecule has 0 atom stereocenters. The summed E-state index contributed by atoms with van der Waals surface area (Å²) >= 11 is 0. The molecule has 0 saturated heterocycles. The van der Waals surface area contributed by atoms with Gasteiger partial charge < -0.3 is 5.32 Å². The van der Waals surface area contributed by atoms with E-state index in [4.69, 9.17) is 0 Å². The highest BCUT2D eigenvalue weighted by molar-refractivity contribution is 6.09. The molecule has 7 heteroatoms. The molecule has 31 heavy (non-hydrogen) atoms. The topological polar surface area (TPSA) is 42.0 Å². The maximum absolute atomic E-state index is 13.5. The van der Waals surface area contributed by atoms with Crippen LogP contribution in [-0.4, -0.2) is 10.9 Å². The zero-order valence-electron chi connectivity index (χ0n) is 16.1. The number of aromatic nitrogens is 1. The van der Waals surface area contributed by atoms with Crippen LogP contribution in [0.3, 0.4) is 0 Å². The Labute approximate surface area is 175 Å². The van der Waals surface area contributed by atoms with Crippen molar-refractivity contribution >= 4 is 16.8 Å². The van der Waals surface area contributed by atoms with Gasteiger partial charge in [-0.3, -0.25) is 9.78 Å². The number of hydrogen-bond acceptors (Lipinski definition) is 2. The second-order valence-electron chi connectivity index (χ2n) is 6.92. The van der Waals surface area contributed by atoms with Crippen molar-refractivity contribution in [2.45, 2.75) is 12.7 Å². The lowest BCUT2D eigenvalue weighted by molar-refractivity contribution is -0.136. The van der Waals surface area contributed by atoms with Crippen molar-refractivity contribution in [1.82, 2.24) is 10.3 Å². The average molecular weight is 424 g/mol. The fourth-order valence-corrected chi connectivity index (χ4v) is 3.46. The summed E-state index contributed by atoms with van der Waals surface area (Å²) in [6.45, 7) is 0.0610. The molecule has 3 aromatic carbocycles. The predicted octanol–water partition coefficient (Wildman–Crippen LogP) is 5.99. The van der Waals surface area contributed by atoms with Gasteiger partial charge in [-0.15, -0.1) is 0 Å². The summed E-state index contributed by atoms with van der Waals surface area (Å²) in [5.74, 6) is -0.946. The van der Waals surface area contributed by atoms with Crippen LogP contribution < -0.4 is 5.32 Å². The van der Waals surface area contributed by atoms with E-state index in [0.29, 0.717) is 16.7 Å². The first kappa shape index (κ1) is 20.5. The Morgan fingerprint density at radius 3 is 2.39 bits per heavy atom. The molecule has 0 aliphatic rings. The minimum Gasteiger partial charge on any atom is -0.348 e. The molecule has 0 saturated carbocycles. The van der Waals surface area contributed by atoms with E-state index < -0.39 is 23.5 Å². The molecule has 4 aromatic rings. The largest absolute Gasteiger partial charge is 0.418 e. The number of fused-ring (bicyclic) bond motifs is 1. The van der Waals surface area contributed by atoms with E-state index >= 15 is 0 Å². The van der Waals surface area contributed by atoms with Gasteiger partial charge in [-0.2, -0.15) is 13.2 Å². The minimum atomic E-state index is -4.58. The molecular weight excluding hydrogens is 408 g/mol. The highest BCUT2D eigenvalue weighted by atomic mass is 19.4. The van der Waals surface area contributed by atoms with Gasteiger partial charge in [0.15, 0.2) is 0 Å². The Kier molecular flexibility index (Phi) is 5.42. The van der Waals surface area contributed by atoms with Gasteiger partial charge in [0.1, 0.15) is 5.82 Å². The van der Waals surface area contributed by atoms with Gasteiger partial charge in [0, 0.05) is 23.7 Å². The first-order chi connectivity index (χ1) is 14.8. The Morgan fingerprint density at radius 1 is 0.935 bits per heavy atom. The summed E-state index contributed by atoms with van der Waals surface area (Å²) in [7, 11) is 0. The van der Waals surface area contributed by atoms with Crippen LogP contribution in [0.15, 0.2) is 79.0 Å². The highest BCUT2D eigenvalue weighted by Crippen LogP contribution is 2.38. The molecule has 1 heterocycles. The fraction of sp³-hybridized carbons (Fsp3) is 0.0833. The third-order valence-corrected chi connectivity index (χ3v) is 4.85. The second-order valence-corrected chi connectivity index (χ2v) is 6.92. The molecule has 0 unspecified atom stereocenters.